The molecule has 0 saturated carbocycles. The van der Waals surface area contributed by atoms with Crippen molar-refractivity contribution in [3.63, 3.8) is 0 Å². The Morgan fingerprint density at radius 2 is 1.04 bits per heavy atom. The Bertz CT molecular complexity index is 835. The van der Waals surface area contributed by atoms with Gasteiger partial charge in [0.25, 0.3) is 0 Å². The van der Waals surface area contributed by atoms with E-state index in [9.17, 15) is 19.0 Å². The van der Waals surface area contributed by atoms with Crippen molar-refractivity contribution < 1.29 is 37.6 Å². The van der Waals surface area contributed by atoms with E-state index in [2.05, 4.69) is 38.2 Å². The van der Waals surface area contributed by atoms with Crippen molar-refractivity contribution in [1.29, 1.82) is 0 Å². The van der Waals surface area contributed by atoms with Crippen LogP contribution in [-0.4, -0.2) is 49.3 Å². The molecule has 2 atom stereocenters. The van der Waals surface area contributed by atoms with Crippen molar-refractivity contribution in [3.05, 3.63) is 24.3 Å². The van der Waals surface area contributed by atoms with Crippen LogP contribution in [0.2, 0.25) is 0 Å². The third-order valence-corrected chi connectivity index (χ3v) is 8.79. The topological polar surface area (TPSA) is 134 Å². The molecule has 9 nitrogen and oxygen atoms in total. The summed E-state index contributed by atoms with van der Waals surface area (Å²) in [6.07, 6.45) is 33.5. The van der Waals surface area contributed by atoms with Crippen molar-refractivity contribution in [1.82, 2.24) is 0 Å². The zero-order valence-electron chi connectivity index (χ0n) is 30.0. The quantitative estimate of drug-likeness (QED) is 0.0289. The SMILES string of the molecule is CCCCCC/C=C\CCCCCCCC(=O)OCC(COP(=O)(O)OCCN)OC(=O)CCCCCCC/C=C\CCCCCC. The predicted octanol–water partition coefficient (Wildman–Crippen LogP) is 10.0. The molecule has 0 bridgehead atoms. The molecular formula is C37H70NO8P. The molecule has 47 heavy (non-hydrogen) atoms. The highest BCUT2D eigenvalue weighted by molar-refractivity contribution is 7.47. The third-order valence-electron chi connectivity index (χ3n) is 7.81. The van der Waals surface area contributed by atoms with Gasteiger partial charge in [0.2, 0.25) is 0 Å². The van der Waals surface area contributed by atoms with E-state index in [1.165, 1.54) is 64.2 Å². The van der Waals surface area contributed by atoms with Gasteiger partial charge in [-0.25, -0.2) is 4.57 Å². The first-order valence-electron chi connectivity index (χ1n) is 18.8. The number of allylic oxidation sites excluding steroid dienone is 4. The molecule has 0 rings (SSSR count). The molecule has 0 aromatic heterocycles. The van der Waals surface area contributed by atoms with Crippen LogP contribution >= 0.6 is 7.82 Å². The molecule has 0 aromatic carbocycles. The van der Waals surface area contributed by atoms with Gasteiger partial charge in [-0.05, 0) is 64.2 Å². The van der Waals surface area contributed by atoms with Gasteiger partial charge in [-0.1, -0.05) is 115 Å². The summed E-state index contributed by atoms with van der Waals surface area (Å²) in [5.41, 5.74) is 5.32. The number of ether oxygens (including phenoxy) is 2. The Morgan fingerprint density at radius 3 is 1.51 bits per heavy atom. The lowest BCUT2D eigenvalue weighted by atomic mass is 10.1. The molecule has 0 saturated heterocycles. The molecule has 0 radical (unpaired) electrons. The second kappa shape index (κ2) is 34.4. The molecule has 3 N–H and O–H groups in total. The lowest BCUT2D eigenvalue weighted by molar-refractivity contribution is -0.161. The summed E-state index contributed by atoms with van der Waals surface area (Å²) in [4.78, 5) is 34.6. The Kier molecular flexibility index (Phi) is 33.3. The zero-order valence-corrected chi connectivity index (χ0v) is 30.9. The first-order valence-corrected chi connectivity index (χ1v) is 20.3. The number of rotatable bonds is 35. The largest absolute Gasteiger partial charge is 0.472 e. The smallest absolute Gasteiger partial charge is 0.462 e. The van der Waals surface area contributed by atoms with Gasteiger partial charge < -0.3 is 20.1 Å². The summed E-state index contributed by atoms with van der Waals surface area (Å²) >= 11 is 0. The standard InChI is InChI=1S/C37H70NO8P/c1-3-5-7-9-11-13-15-17-19-21-23-25-27-29-36(39)43-33-35(34-45-47(41,42)44-32-31-38)46-37(40)30-28-26-24-22-20-18-16-14-12-10-8-6-4-2/h13-16,35H,3-12,17-34,38H2,1-2H3,(H,41,42)/b15-13-,16-14-. The second-order valence-corrected chi connectivity index (χ2v) is 13.9. The molecule has 0 amide bonds. The van der Waals surface area contributed by atoms with Gasteiger partial charge in [0.05, 0.1) is 13.2 Å². The molecule has 0 aromatic rings. The maximum atomic E-state index is 12.5. The number of esters is 2. The third kappa shape index (κ3) is 34.2. The van der Waals surface area contributed by atoms with Gasteiger partial charge in [0.15, 0.2) is 6.10 Å². The van der Waals surface area contributed by atoms with Crippen LogP contribution in [0.1, 0.15) is 168 Å². The van der Waals surface area contributed by atoms with E-state index >= 15 is 0 Å². The molecule has 0 aliphatic rings. The van der Waals surface area contributed by atoms with E-state index < -0.39 is 32.5 Å². The fourth-order valence-electron chi connectivity index (χ4n) is 4.97. The maximum Gasteiger partial charge on any atom is 0.472 e. The van der Waals surface area contributed by atoms with E-state index in [1.807, 2.05) is 0 Å². The summed E-state index contributed by atoms with van der Waals surface area (Å²) in [5.74, 6) is -0.849. The van der Waals surface area contributed by atoms with Gasteiger partial charge in [-0.2, -0.15) is 0 Å². The van der Waals surface area contributed by atoms with Crippen molar-refractivity contribution in [3.8, 4) is 0 Å². The summed E-state index contributed by atoms with van der Waals surface area (Å²) in [6.45, 7) is 3.67. The second-order valence-electron chi connectivity index (χ2n) is 12.4. The van der Waals surface area contributed by atoms with Crippen molar-refractivity contribution in [2.75, 3.05) is 26.4 Å². The average Bonchev–Trinajstić information content (AvgIpc) is 3.05. The van der Waals surface area contributed by atoms with Gasteiger partial charge in [0, 0.05) is 19.4 Å². The number of phosphoric acid groups is 1. The maximum absolute atomic E-state index is 12.5. The molecule has 0 aliphatic carbocycles. The highest BCUT2D eigenvalue weighted by atomic mass is 31.2. The Hall–Kier alpha value is -1.51. The molecule has 0 heterocycles. The normalized spacial score (nSPS) is 13.7. The molecule has 0 aliphatic heterocycles. The first kappa shape index (κ1) is 45.5. The van der Waals surface area contributed by atoms with Gasteiger partial charge >= 0.3 is 19.8 Å². The molecular weight excluding hydrogens is 617 g/mol. The zero-order chi connectivity index (χ0) is 34.7. The fourth-order valence-corrected chi connectivity index (χ4v) is 5.74. The van der Waals surface area contributed by atoms with Crippen molar-refractivity contribution >= 4 is 19.8 Å². The van der Waals surface area contributed by atoms with Crippen LogP contribution in [-0.2, 0) is 32.7 Å². The minimum absolute atomic E-state index is 0.0516. The summed E-state index contributed by atoms with van der Waals surface area (Å²) in [7, 11) is -4.37. The van der Waals surface area contributed by atoms with Crippen LogP contribution in [0.25, 0.3) is 0 Å². The molecule has 2 unspecified atom stereocenters. The fraction of sp³-hybridized carbons (Fsp3) is 0.838. The number of carbonyl (C=O) groups is 2. The van der Waals surface area contributed by atoms with Crippen molar-refractivity contribution in [2.24, 2.45) is 5.73 Å². The molecule has 10 heteroatoms. The molecule has 276 valence electrons. The molecule has 0 spiro atoms. The summed E-state index contributed by atoms with van der Waals surface area (Å²) in [6, 6.07) is 0. The first-order chi connectivity index (χ1) is 22.8. The number of nitrogens with two attached hydrogens (primary N) is 1. The monoisotopic (exact) mass is 687 g/mol. The number of hydrogen-bond donors (Lipinski definition) is 2. The lowest BCUT2D eigenvalue weighted by Gasteiger charge is -2.19. The van der Waals surface area contributed by atoms with E-state index in [4.69, 9.17) is 24.3 Å². The Labute approximate surface area is 287 Å². The highest BCUT2D eigenvalue weighted by Gasteiger charge is 2.25. The van der Waals surface area contributed by atoms with Crippen molar-refractivity contribution in [2.45, 2.75) is 174 Å². The Balaban J connectivity index is 4.26. The van der Waals surface area contributed by atoms with E-state index in [1.54, 1.807) is 0 Å². The average molecular weight is 688 g/mol. The van der Waals surface area contributed by atoms with Crippen LogP contribution in [0.15, 0.2) is 24.3 Å². The van der Waals surface area contributed by atoms with E-state index in [0.29, 0.717) is 6.42 Å². The van der Waals surface area contributed by atoms with Crippen LogP contribution in [0.5, 0.6) is 0 Å². The van der Waals surface area contributed by atoms with Gasteiger partial charge in [-0.15, -0.1) is 0 Å². The number of phosphoric ester groups is 1. The van der Waals surface area contributed by atoms with Gasteiger partial charge in [0.1, 0.15) is 6.61 Å². The van der Waals surface area contributed by atoms with E-state index in [0.717, 1.165) is 70.6 Å². The van der Waals surface area contributed by atoms with E-state index in [-0.39, 0.29) is 32.6 Å². The number of unbranched alkanes of at least 4 members (excludes halogenated alkanes) is 18. The van der Waals surface area contributed by atoms with Crippen LogP contribution < -0.4 is 5.73 Å². The van der Waals surface area contributed by atoms with Gasteiger partial charge in [-0.3, -0.25) is 18.6 Å². The van der Waals surface area contributed by atoms with Crippen LogP contribution in [0.4, 0.5) is 0 Å². The van der Waals surface area contributed by atoms with Crippen LogP contribution in [0.3, 0.4) is 0 Å². The van der Waals surface area contributed by atoms with Crippen LogP contribution in [0, 0.1) is 0 Å². The summed E-state index contributed by atoms with van der Waals surface area (Å²) < 4.78 is 32.6. The minimum atomic E-state index is -4.37. The predicted molar refractivity (Wildman–Crippen MR) is 192 cm³/mol. The molecule has 0 fully saturated rings. The highest BCUT2D eigenvalue weighted by Crippen LogP contribution is 2.43. The lowest BCUT2D eigenvalue weighted by Crippen LogP contribution is -2.29. The number of carbonyl (C=O) groups excluding carboxylic acids is 2. The number of hydrogen-bond acceptors (Lipinski definition) is 8. The summed E-state index contributed by atoms with van der Waals surface area (Å²) in [5, 5.41) is 0. The minimum Gasteiger partial charge on any atom is -0.462 e. The Morgan fingerprint density at radius 1 is 0.617 bits per heavy atom.